The van der Waals surface area contributed by atoms with Gasteiger partial charge in [-0.25, -0.2) is 4.39 Å². The number of nitrogens with zero attached hydrogens (tertiary/aromatic N) is 1. The van der Waals surface area contributed by atoms with E-state index < -0.39 is 0 Å². The summed E-state index contributed by atoms with van der Waals surface area (Å²) in [6, 6.07) is 11.8. The van der Waals surface area contributed by atoms with E-state index in [1.807, 2.05) is 25.1 Å². The smallest absolute Gasteiger partial charge is 0.309 e. The van der Waals surface area contributed by atoms with Crippen LogP contribution in [0.4, 0.5) is 10.1 Å². The minimum atomic E-state index is -0.302. The fraction of sp³-hybridized carbons (Fsp3) is 0.263. The number of esters is 1. The average molecular weight is 359 g/mol. The van der Waals surface area contributed by atoms with Gasteiger partial charge in [0.25, 0.3) is 0 Å². The van der Waals surface area contributed by atoms with Gasteiger partial charge in [-0.2, -0.15) is 0 Å². The molecule has 6 heteroatoms. The molecular formula is C19H18FNO3S. The van der Waals surface area contributed by atoms with Crippen molar-refractivity contribution in [3.63, 3.8) is 0 Å². The zero-order chi connectivity index (χ0) is 18.0. The van der Waals surface area contributed by atoms with Crippen LogP contribution in [0.1, 0.15) is 22.1 Å². The molecule has 0 aromatic heterocycles. The minimum absolute atomic E-state index is 0.0168. The van der Waals surface area contributed by atoms with E-state index >= 15 is 0 Å². The second-order valence-corrected chi connectivity index (χ2v) is 6.92. The monoisotopic (exact) mass is 359 g/mol. The lowest BCUT2D eigenvalue weighted by Gasteiger charge is -2.26. The Morgan fingerprint density at radius 3 is 2.64 bits per heavy atom. The van der Waals surface area contributed by atoms with Crippen LogP contribution in [-0.2, 0) is 20.7 Å². The van der Waals surface area contributed by atoms with E-state index in [2.05, 4.69) is 4.74 Å². The Hall–Kier alpha value is -2.34. The van der Waals surface area contributed by atoms with Crippen molar-refractivity contribution in [3.05, 3.63) is 65.0 Å². The third kappa shape index (κ3) is 3.69. The van der Waals surface area contributed by atoms with Gasteiger partial charge in [-0.1, -0.05) is 24.3 Å². The molecule has 1 fully saturated rings. The van der Waals surface area contributed by atoms with Crippen LogP contribution in [0.5, 0.6) is 0 Å². The Morgan fingerprint density at radius 2 is 2.00 bits per heavy atom. The third-order valence-electron chi connectivity index (χ3n) is 4.12. The zero-order valence-corrected chi connectivity index (χ0v) is 14.8. The van der Waals surface area contributed by atoms with Crippen LogP contribution in [0, 0.1) is 12.7 Å². The quantitative estimate of drug-likeness (QED) is 0.782. The predicted octanol–water partition coefficient (Wildman–Crippen LogP) is 3.63. The molecule has 0 N–H and O–H groups in total. The van der Waals surface area contributed by atoms with Crippen molar-refractivity contribution in [2.45, 2.75) is 18.7 Å². The molecule has 2 aromatic carbocycles. The third-order valence-corrected chi connectivity index (χ3v) is 5.33. The van der Waals surface area contributed by atoms with E-state index in [-0.39, 0.29) is 29.5 Å². The lowest BCUT2D eigenvalue weighted by Crippen LogP contribution is -2.28. The standard InChI is InChI=1S/C19H18FNO3S/c1-12-9-13(10-18(23)24-2)3-8-16(12)21-17(22)11-25-19(21)14-4-6-15(20)7-5-14/h3-9,19H,10-11H2,1-2H3. The first-order valence-corrected chi connectivity index (χ1v) is 8.90. The molecule has 4 nitrogen and oxygen atoms in total. The molecule has 1 saturated heterocycles. The first-order chi connectivity index (χ1) is 12.0. The highest BCUT2D eigenvalue weighted by Gasteiger charge is 2.34. The van der Waals surface area contributed by atoms with Crippen LogP contribution in [0.25, 0.3) is 0 Å². The van der Waals surface area contributed by atoms with Gasteiger partial charge >= 0.3 is 5.97 Å². The fourth-order valence-corrected chi connectivity index (χ4v) is 4.06. The van der Waals surface area contributed by atoms with Crippen LogP contribution in [0.3, 0.4) is 0 Å². The predicted molar refractivity (Wildman–Crippen MR) is 96.0 cm³/mol. The number of benzene rings is 2. The molecule has 2 aromatic rings. The van der Waals surface area contributed by atoms with Crippen LogP contribution in [-0.4, -0.2) is 24.7 Å². The van der Waals surface area contributed by atoms with Gasteiger partial charge in [-0.3, -0.25) is 14.5 Å². The summed E-state index contributed by atoms with van der Waals surface area (Å²) in [6.07, 6.45) is 0.196. The molecule has 1 aliphatic heterocycles. The van der Waals surface area contributed by atoms with Crippen LogP contribution in [0.15, 0.2) is 42.5 Å². The molecule has 3 rings (SSSR count). The normalized spacial score (nSPS) is 17.0. The number of amides is 1. The van der Waals surface area contributed by atoms with Gasteiger partial charge < -0.3 is 4.74 Å². The Labute approximate surface area is 150 Å². The van der Waals surface area contributed by atoms with Crippen molar-refractivity contribution >= 4 is 29.3 Å². The second kappa shape index (κ2) is 7.27. The zero-order valence-electron chi connectivity index (χ0n) is 14.0. The summed E-state index contributed by atoms with van der Waals surface area (Å²) in [5.41, 5.74) is 3.43. The maximum Gasteiger partial charge on any atom is 0.309 e. The molecule has 25 heavy (non-hydrogen) atoms. The highest BCUT2D eigenvalue weighted by Crippen LogP contribution is 2.42. The van der Waals surface area contributed by atoms with E-state index in [0.29, 0.717) is 5.75 Å². The number of thioether (sulfide) groups is 1. The number of carbonyl (C=O) groups is 2. The van der Waals surface area contributed by atoms with Crippen LogP contribution < -0.4 is 4.90 Å². The van der Waals surface area contributed by atoms with Gasteiger partial charge in [0.05, 0.1) is 19.3 Å². The number of carbonyl (C=O) groups excluding carboxylic acids is 2. The van der Waals surface area contributed by atoms with Crippen molar-refractivity contribution in [2.75, 3.05) is 17.8 Å². The van der Waals surface area contributed by atoms with Crippen molar-refractivity contribution in [2.24, 2.45) is 0 Å². The lowest BCUT2D eigenvalue weighted by atomic mass is 10.1. The molecule has 0 radical (unpaired) electrons. The second-order valence-electron chi connectivity index (χ2n) is 5.85. The molecule has 0 aliphatic carbocycles. The molecule has 1 aliphatic rings. The molecule has 1 heterocycles. The van der Waals surface area contributed by atoms with Crippen LogP contribution >= 0.6 is 11.8 Å². The average Bonchev–Trinajstić information content (AvgIpc) is 2.97. The van der Waals surface area contributed by atoms with E-state index in [9.17, 15) is 14.0 Å². The largest absolute Gasteiger partial charge is 0.469 e. The summed E-state index contributed by atoms with van der Waals surface area (Å²) in [4.78, 5) is 25.6. The highest BCUT2D eigenvalue weighted by atomic mass is 32.2. The molecule has 0 spiro atoms. The van der Waals surface area contributed by atoms with Gasteiger partial charge in [-0.05, 0) is 41.8 Å². The van der Waals surface area contributed by atoms with Gasteiger partial charge in [0.15, 0.2) is 0 Å². The number of rotatable bonds is 4. The summed E-state index contributed by atoms with van der Waals surface area (Å²) in [6.45, 7) is 1.91. The first kappa shape index (κ1) is 17.5. The molecule has 0 bridgehead atoms. The Balaban J connectivity index is 1.91. The Bertz CT molecular complexity index is 807. The van der Waals surface area contributed by atoms with E-state index in [0.717, 1.165) is 22.4 Å². The SMILES string of the molecule is COC(=O)Cc1ccc(N2C(=O)CSC2c2ccc(F)cc2)c(C)c1. The Morgan fingerprint density at radius 1 is 1.28 bits per heavy atom. The fourth-order valence-electron chi connectivity index (χ4n) is 2.90. The van der Waals surface area contributed by atoms with Gasteiger partial charge in [0, 0.05) is 5.69 Å². The van der Waals surface area contributed by atoms with Crippen molar-refractivity contribution in [1.82, 2.24) is 0 Å². The molecule has 1 amide bonds. The number of ether oxygens (including phenoxy) is 1. The maximum absolute atomic E-state index is 13.2. The van der Waals surface area contributed by atoms with Gasteiger partial charge in [0.1, 0.15) is 11.2 Å². The summed E-state index contributed by atoms with van der Waals surface area (Å²) >= 11 is 1.52. The number of hydrogen-bond acceptors (Lipinski definition) is 4. The molecule has 1 unspecified atom stereocenters. The molecule has 1 atom stereocenters. The minimum Gasteiger partial charge on any atom is -0.469 e. The van der Waals surface area contributed by atoms with E-state index in [1.54, 1.807) is 17.0 Å². The van der Waals surface area contributed by atoms with Gasteiger partial charge in [0.2, 0.25) is 5.91 Å². The van der Waals surface area contributed by atoms with Crippen molar-refractivity contribution in [3.8, 4) is 0 Å². The highest BCUT2D eigenvalue weighted by molar-refractivity contribution is 8.00. The number of anilines is 1. The van der Waals surface area contributed by atoms with Crippen molar-refractivity contribution < 1.29 is 18.7 Å². The number of aryl methyl sites for hydroxylation is 1. The summed E-state index contributed by atoms with van der Waals surface area (Å²) < 4.78 is 17.9. The molecule has 0 saturated carbocycles. The summed E-state index contributed by atoms with van der Waals surface area (Å²) in [7, 11) is 1.36. The topological polar surface area (TPSA) is 46.6 Å². The molecule has 130 valence electrons. The first-order valence-electron chi connectivity index (χ1n) is 7.85. The van der Waals surface area contributed by atoms with Crippen molar-refractivity contribution in [1.29, 1.82) is 0 Å². The van der Waals surface area contributed by atoms with Crippen LogP contribution in [0.2, 0.25) is 0 Å². The number of halogens is 1. The Kier molecular flexibility index (Phi) is 5.08. The van der Waals surface area contributed by atoms with Gasteiger partial charge in [-0.15, -0.1) is 11.8 Å². The number of methoxy groups -OCH3 is 1. The van der Waals surface area contributed by atoms with E-state index in [1.165, 1.54) is 31.0 Å². The maximum atomic E-state index is 13.2. The molecular weight excluding hydrogens is 341 g/mol. The number of hydrogen-bond donors (Lipinski definition) is 0. The summed E-state index contributed by atoms with van der Waals surface area (Å²) in [5, 5.41) is -0.182. The van der Waals surface area contributed by atoms with E-state index in [4.69, 9.17) is 0 Å². The lowest BCUT2D eigenvalue weighted by molar-refractivity contribution is -0.139. The summed E-state index contributed by atoms with van der Waals surface area (Å²) in [5.74, 6) is -0.203.